The van der Waals surface area contributed by atoms with Crippen molar-refractivity contribution >= 4 is 46.0 Å². The predicted octanol–water partition coefficient (Wildman–Crippen LogP) is 5.13. The van der Waals surface area contributed by atoms with Gasteiger partial charge < -0.3 is 14.8 Å². The van der Waals surface area contributed by atoms with Crippen molar-refractivity contribution < 1.29 is 23.2 Å². The maximum atomic E-state index is 13.1. The number of amides is 3. The molecule has 3 amide bonds. The Morgan fingerprint density at radius 1 is 1.23 bits per heavy atom. The zero-order chi connectivity index (χ0) is 29.2. The van der Waals surface area contributed by atoms with E-state index in [1.54, 1.807) is 33.7 Å². The van der Waals surface area contributed by atoms with Crippen LogP contribution in [0.5, 0.6) is 0 Å². The number of nitrogens with zero attached hydrogens (tertiary/aromatic N) is 4. The molecule has 9 nitrogen and oxygen atoms in total. The number of halogens is 2. The number of alkyl halides is 2. The third-order valence-electron chi connectivity index (χ3n) is 6.51. The van der Waals surface area contributed by atoms with Crippen molar-refractivity contribution in [2.45, 2.75) is 52.6 Å². The average Bonchev–Trinajstić information content (AvgIpc) is 3.65. The van der Waals surface area contributed by atoms with Crippen molar-refractivity contribution in [3.8, 4) is 6.07 Å². The highest BCUT2D eigenvalue weighted by atomic mass is 32.1. The lowest BCUT2D eigenvalue weighted by Crippen LogP contribution is -2.38. The van der Waals surface area contributed by atoms with Gasteiger partial charge in [0.1, 0.15) is 11.6 Å². The lowest BCUT2D eigenvalue weighted by atomic mass is 9.97. The first kappa shape index (κ1) is 28.9. The molecule has 1 saturated heterocycles. The topological polar surface area (TPSA) is 120 Å². The lowest BCUT2D eigenvalue weighted by molar-refractivity contribution is -0.127. The minimum Gasteiger partial charge on any atom is -0.352 e. The second-order valence-corrected chi connectivity index (χ2v) is 11.9. The van der Waals surface area contributed by atoms with Crippen LogP contribution in [0, 0.1) is 16.7 Å². The summed E-state index contributed by atoms with van der Waals surface area (Å²) in [6, 6.07) is 9.04. The molecule has 0 bridgehead atoms. The number of hydrogen-bond donors (Lipinski definition) is 2. The van der Waals surface area contributed by atoms with Gasteiger partial charge in [-0.05, 0) is 48.6 Å². The standard InChI is InChI=1S/C28H30F2N6O3S/c1-16(13-31)26(39)35-11-5-6-18(35)14-36-20-8-7-17(24(37)32-15-28(2,3)4)12-19(20)33-27(36)34-25(38)22-10-9-21(40-22)23(29)30/h7-10,12,18,23H,1,5-6,11,14-15H2,2-4H3,(H,32,37)(H,33,34,38)/t18-/m1/s1. The molecule has 210 valence electrons. The summed E-state index contributed by atoms with van der Waals surface area (Å²) in [5.74, 6) is -1.17. The van der Waals surface area contributed by atoms with Gasteiger partial charge in [-0.1, -0.05) is 27.4 Å². The van der Waals surface area contributed by atoms with Crippen LogP contribution in [-0.2, 0) is 11.3 Å². The number of rotatable bonds is 8. The van der Waals surface area contributed by atoms with E-state index in [2.05, 4.69) is 22.2 Å². The fourth-order valence-electron chi connectivity index (χ4n) is 4.48. The van der Waals surface area contributed by atoms with Gasteiger partial charge in [0, 0.05) is 25.2 Å². The molecule has 1 aromatic carbocycles. The van der Waals surface area contributed by atoms with Crippen molar-refractivity contribution in [3.05, 3.63) is 57.8 Å². The molecule has 1 atom stereocenters. The second kappa shape index (κ2) is 11.6. The number of imidazole rings is 1. The molecule has 1 fully saturated rings. The average molecular weight is 569 g/mol. The molecule has 2 aromatic heterocycles. The highest BCUT2D eigenvalue weighted by Gasteiger charge is 2.32. The van der Waals surface area contributed by atoms with E-state index in [1.807, 2.05) is 20.8 Å². The van der Waals surface area contributed by atoms with Crippen LogP contribution < -0.4 is 10.6 Å². The van der Waals surface area contributed by atoms with Crippen LogP contribution in [0.25, 0.3) is 11.0 Å². The Hall–Kier alpha value is -4.11. The van der Waals surface area contributed by atoms with Gasteiger partial charge in [-0.2, -0.15) is 5.26 Å². The molecule has 3 aromatic rings. The van der Waals surface area contributed by atoms with Crippen molar-refractivity contribution in [2.75, 3.05) is 18.4 Å². The second-order valence-electron chi connectivity index (χ2n) is 10.8. The minimum atomic E-state index is -2.69. The summed E-state index contributed by atoms with van der Waals surface area (Å²) in [5.41, 5.74) is 1.18. The summed E-state index contributed by atoms with van der Waals surface area (Å²) in [6.07, 6.45) is -1.30. The normalized spacial score (nSPS) is 15.3. The summed E-state index contributed by atoms with van der Waals surface area (Å²) in [6.45, 7) is 10.7. The fourth-order valence-corrected chi connectivity index (χ4v) is 5.24. The van der Waals surface area contributed by atoms with Crippen LogP contribution in [0.3, 0.4) is 0 Å². The smallest absolute Gasteiger partial charge is 0.272 e. The molecule has 0 saturated carbocycles. The molecule has 2 N–H and O–H groups in total. The molecule has 0 aliphatic carbocycles. The largest absolute Gasteiger partial charge is 0.352 e. The van der Waals surface area contributed by atoms with Crippen LogP contribution in [-0.4, -0.2) is 51.3 Å². The summed E-state index contributed by atoms with van der Waals surface area (Å²) >= 11 is 0.692. The number of anilines is 1. The van der Waals surface area contributed by atoms with Gasteiger partial charge in [0.25, 0.3) is 24.1 Å². The van der Waals surface area contributed by atoms with Gasteiger partial charge in [-0.25, -0.2) is 13.8 Å². The number of fused-ring (bicyclic) bond motifs is 1. The quantitative estimate of drug-likeness (QED) is 0.288. The maximum Gasteiger partial charge on any atom is 0.272 e. The van der Waals surface area contributed by atoms with E-state index in [9.17, 15) is 23.2 Å². The third-order valence-corrected chi connectivity index (χ3v) is 7.60. The first-order valence-electron chi connectivity index (χ1n) is 12.8. The number of hydrogen-bond acceptors (Lipinski definition) is 6. The Bertz CT molecular complexity index is 1510. The summed E-state index contributed by atoms with van der Waals surface area (Å²) in [5, 5.41) is 14.8. The highest BCUT2D eigenvalue weighted by Crippen LogP contribution is 2.30. The van der Waals surface area contributed by atoms with E-state index in [0.717, 1.165) is 6.42 Å². The number of nitrogens with one attached hydrogen (secondary N) is 2. The van der Waals surface area contributed by atoms with Crippen LogP contribution in [0.1, 0.15) is 64.9 Å². The molecule has 1 aliphatic heterocycles. The molecular weight excluding hydrogens is 538 g/mol. The molecule has 3 heterocycles. The maximum absolute atomic E-state index is 13.1. The fraction of sp³-hybridized carbons (Fsp3) is 0.393. The Morgan fingerprint density at radius 3 is 2.62 bits per heavy atom. The van der Waals surface area contributed by atoms with Gasteiger partial charge in [0.05, 0.1) is 26.8 Å². The van der Waals surface area contributed by atoms with Crippen LogP contribution >= 0.6 is 11.3 Å². The molecule has 1 aliphatic rings. The van der Waals surface area contributed by atoms with Crippen molar-refractivity contribution in [1.82, 2.24) is 19.8 Å². The highest BCUT2D eigenvalue weighted by molar-refractivity contribution is 7.14. The SMILES string of the molecule is C=C(C#N)C(=O)N1CCC[C@@H]1Cn1c(NC(=O)c2ccc(C(F)F)s2)nc2cc(C(=O)NCC(C)(C)C)ccc21. The number of aromatic nitrogens is 2. The zero-order valence-corrected chi connectivity index (χ0v) is 23.3. The summed E-state index contributed by atoms with van der Waals surface area (Å²) in [4.78, 5) is 44.6. The molecule has 12 heteroatoms. The minimum absolute atomic E-state index is 0.0964. The van der Waals surface area contributed by atoms with Crippen molar-refractivity contribution in [2.24, 2.45) is 5.41 Å². The van der Waals surface area contributed by atoms with E-state index in [4.69, 9.17) is 5.26 Å². The van der Waals surface area contributed by atoms with E-state index in [0.29, 0.717) is 47.4 Å². The Morgan fingerprint density at radius 2 is 1.98 bits per heavy atom. The molecule has 0 radical (unpaired) electrons. The Balaban J connectivity index is 1.68. The summed E-state index contributed by atoms with van der Waals surface area (Å²) in [7, 11) is 0. The number of likely N-dealkylation sites (tertiary alicyclic amines) is 1. The monoisotopic (exact) mass is 568 g/mol. The molecular formula is C28H30F2N6O3S. The van der Waals surface area contributed by atoms with Crippen LogP contribution in [0.4, 0.5) is 14.7 Å². The van der Waals surface area contributed by atoms with E-state index in [-0.39, 0.29) is 45.2 Å². The van der Waals surface area contributed by atoms with Gasteiger partial charge in [-0.3, -0.25) is 19.7 Å². The van der Waals surface area contributed by atoms with E-state index >= 15 is 0 Å². The predicted molar refractivity (Wildman–Crippen MR) is 148 cm³/mol. The lowest BCUT2D eigenvalue weighted by Gasteiger charge is -2.25. The van der Waals surface area contributed by atoms with E-state index in [1.165, 1.54) is 12.1 Å². The summed E-state index contributed by atoms with van der Waals surface area (Å²) < 4.78 is 27.9. The van der Waals surface area contributed by atoms with Gasteiger partial charge in [-0.15, -0.1) is 11.3 Å². The Labute approximate surface area is 234 Å². The molecule has 0 spiro atoms. The van der Waals surface area contributed by atoms with Crippen LogP contribution in [0.2, 0.25) is 0 Å². The van der Waals surface area contributed by atoms with E-state index < -0.39 is 18.2 Å². The number of nitriles is 1. The first-order valence-corrected chi connectivity index (χ1v) is 13.6. The van der Waals surface area contributed by atoms with Gasteiger partial charge >= 0.3 is 0 Å². The van der Waals surface area contributed by atoms with Crippen LogP contribution in [0.15, 0.2) is 42.5 Å². The Kier molecular flexibility index (Phi) is 8.34. The number of carbonyl (C=O) groups excluding carboxylic acids is 3. The number of carbonyl (C=O) groups is 3. The van der Waals surface area contributed by atoms with Crippen molar-refractivity contribution in [1.29, 1.82) is 5.26 Å². The molecule has 40 heavy (non-hydrogen) atoms. The first-order chi connectivity index (χ1) is 18.9. The zero-order valence-electron chi connectivity index (χ0n) is 22.5. The van der Waals surface area contributed by atoms with Gasteiger partial charge in [0.2, 0.25) is 5.95 Å². The number of benzene rings is 1. The van der Waals surface area contributed by atoms with Gasteiger partial charge in [0.15, 0.2) is 0 Å². The van der Waals surface area contributed by atoms with Crippen molar-refractivity contribution in [3.63, 3.8) is 0 Å². The third kappa shape index (κ3) is 6.37. The molecule has 0 unspecified atom stereocenters. The molecule has 4 rings (SSSR count). The number of thiophene rings is 1.